The zero-order chi connectivity index (χ0) is 32.3. The van der Waals surface area contributed by atoms with Crippen LogP contribution in [-0.2, 0) is 0 Å². The number of nitrogens with zero attached hydrogens (tertiary/aromatic N) is 2. The first kappa shape index (κ1) is 27.5. The summed E-state index contributed by atoms with van der Waals surface area (Å²) >= 11 is 0. The fourth-order valence-corrected chi connectivity index (χ4v) is 7.55. The van der Waals surface area contributed by atoms with Gasteiger partial charge in [-0.2, -0.15) is 0 Å². The maximum absolute atomic E-state index is 6.80. The van der Waals surface area contributed by atoms with Gasteiger partial charge in [0.25, 0.3) is 0 Å². The SMILES string of the molecule is c1ccc(-c2cccc(-n3c4ccccc4c4c(N(c5ccccc5)c5cccc6c5oc5cc7ccccc7cc56)cccc43)c2)cc1. The number of para-hydroxylation sites is 3. The molecule has 8 aromatic carbocycles. The molecule has 2 heterocycles. The molecule has 49 heavy (non-hydrogen) atoms. The molecule has 0 aliphatic carbocycles. The van der Waals surface area contributed by atoms with Crippen LogP contribution in [0.25, 0.3) is 71.3 Å². The van der Waals surface area contributed by atoms with Gasteiger partial charge in [-0.3, -0.25) is 0 Å². The first-order chi connectivity index (χ1) is 24.3. The molecule has 0 N–H and O–H groups in total. The second-order valence-electron chi connectivity index (χ2n) is 12.6. The largest absolute Gasteiger partial charge is 0.454 e. The molecule has 0 aliphatic rings. The molecule has 0 saturated heterocycles. The van der Waals surface area contributed by atoms with Crippen LogP contribution >= 0.6 is 0 Å². The van der Waals surface area contributed by atoms with Gasteiger partial charge in [0.1, 0.15) is 5.58 Å². The first-order valence-corrected chi connectivity index (χ1v) is 16.7. The van der Waals surface area contributed by atoms with E-state index < -0.39 is 0 Å². The van der Waals surface area contributed by atoms with E-state index in [9.17, 15) is 0 Å². The summed E-state index contributed by atoms with van der Waals surface area (Å²) in [5, 5.41) is 6.98. The van der Waals surface area contributed by atoms with E-state index in [1.54, 1.807) is 0 Å². The van der Waals surface area contributed by atoms with Gasteiger partial charge in [0.15, 0.2) is 5.58 Å². The van der Waals surface area contributed by atoms with Crippen molar-refractivity contribution < 1.29 is 4.42 Å². The molecule has 0 bridgehead atoms. The van der Waals surface area contributed by atoms with Crippen molar-refractivity contribution in [3.8, 4) is 16.8 Å². The number of benzene rings is 8. The van der Waals surface area contributed by atoms with E-state index in [0.717, 1.165) is 55.7 Å². The number of anilines is 3. The van der Waals surface area contributed by atoms with Gasteiger partial charge < -0.3 is 13.9 Å². The smallest absolute Gasteiger partial charge is 0.159 e. The Morgan fingerprint density at radius 2 is 1.06 bits per heavy atom. The highest BCUT2D eigenvalue weighted by Gasteiger charge is 2.24. The summed E-state index contributed by atoms with van der Waals surface area (Å²) in [5.74, 6) is 0. The predicted octanol–water partition coefficient (Wildman–Crippen LogP) is 13.0. The van der Waals surface area contributed by atoms with Gasteiger partial charge in [0.2, 0.25) is 0 Å². The fourth-order valence-electron chi connectivity index (χ4n) is 7.55. The van der Waals surface area contributed by atoms with E-state index in [2.05, 4.69) is 191 Å². The topological polar surface area (TPSA) is 21.3 Å². The molecule has 230 valence electrons. The van der Waals surface area contributed by atoms with Crippen LogP contribution in [0.5, 0.6) is 0 Å². The van der Waals surface area contributed by atoms with Crippen molar-refractivity contribution in [3.63, 3.8) is 0 Å². The highest BCUT2D eigenvalue weighted by atomic mass is 16.3. The summed E-state index contributed by atoms with van der Waals surface area (Å²) in [4.78, 5) is 2.37. The van der Waals surface area contributed by atoms with Crippen LogP contribution < -0.4 is 4.90 Å². The first-order valence-electron chi connectivity index (χ1n) is 16.7. The van der Waals surface area contributed by atoms with Gasteiger partial charge in [-0.1, -0.05) is 121 Å². The Morgan fingerprint density at radius 3 is 1.92 bits per heavy atom. The van der Waals surface area contributed by atoms with Gasteiger partial charge in [-0.25, -0.2) is 0 Å². The lowest BCUT2D eigenvalue weighted by molar-refractivity contribution is 0.669. The summed E-state index contributed by atoms with van der Waals surface area (Å²) in [5.41, 5.74) is 10.7. The van der Waals surface area contributed by atoms with Crippen molar-refractivity contribution in [1.82, 2.24) is 4.57 Å². The molecule has 0 unspecified atom stereocenters. The third kappa shape index (κ3) is 4.37. The zero-order valence-electron chi connectivity index (χ0n) is 26.6. The minimum atomic E-state index is 0.868. The minimum absolute atomic E-state index is 0.868. The number of hydrogen-bond acceptors (Lipinski definition) is 2. The maximum Gasteiger partial charge on any atom is 0.159 e. The molecule has 10 rings (SSSR count). The van der Waals surface area contributed by atoms with Gasteiger partial charge in [0.05, 0.1) is 22.4 Å². The van der Waals surface area contributed by atoms with Crippen LogP contribution in [0.3, 0.4) is 0 Å². The molecule has 0 radical (unpaired) electrons. The Balaban J connectivity index is 1.26. The molecule has 3 heteroatoms. The second kappa shape index (κ2) is 11.0. The lowest BCUT2D eigenvalue weighted by Crippen LogP contribution is -2.10. The monoisotopic (exact) mass is 626 g/mol. The third-order valence-electron chi connectivity index (χ3n) is 9.73. The van der Waals surface area contributed by atoms with E-state index in [0.29, 0.717) is 0 Å². The van der Waals surface area contributed by atoms with Crippen molar-refractivity contribution in [2.45, 2.75) is 0 Å². The Morgan fingerprint density at radius 1 is 0.429 bits per heavy atom. The van der Waals surface area contributed by atoms with E-state index in [-0.39, 0.29) is 0 Å². The third-order valence-corrected chi connectivity index (χ3v) is 9.73. The Labute approximate surface area is 283 Å². The highest BCUT2D eigenvalue weighted by Crippen LogP contribution is 2.47. The van der Waals surface area contributed by atoms with Crippen LogP contribution in [0.2, 0.25) is 0 Å². The molecule has 0 fully saturated rings. The summed E-state index contributed by atoms with van der Waals surface area (Å²) in [7, 11) is 0. The van der Waals surface area contributed by atoms with E-state index in [4.69, 9.17) is 4.42 Å². The van der Waals surface area contributed by atoms with Crippen molar-refractivity contribution in [2.24, 2.45) is 0 Å². The lowest BCUT2D eigenvalue weighted by Gasteiger charge is -2.26. The normalized spacial score (nSPS) is 11.7. The number of rotatable bonds is 5. The maximum atomic E-state index is 6.80. The van der Waals surface area contributed by atoms with E-state index in [1.165, 1.54) is 32.7 Å². The lowest BCUT2D eigenvalue weighted by atomic mass is 10.0. The quantitative estimate of drug-likeness (QED) is 0.190. The van der Waals surface area contributed by atoms with Gasteiger partial charge in [-0.05, 0) is 82.6 Å². The molecule has 0 saturated carbocycles. The van der Waals surface area contributed by atoms with Gasteiger partial charge in [-0.15, -0.1) is 0 Å². The van der Waals surface area contributed by atoms with Crippen LogP contribution in [0.4, 0.5) is 17.1 Å². The van der Waals surface area contributed by atoms with Crippen LogP contribution in [0.1, 0.15) is 0 Å². The predicted molar refractivity (Wildman–Crippen MR) is 206 cm³/mol. The van der Waals surface area contributed by atoms with Crippen LogP contribution in [0.15, 0.2) is 186 Å². The second-order valence-corrected chi connectivity index (χ2v) is 12.6. The average Bonchev–Trinajstić information content (AvgIpc) is 3.71. The Kier molecular flexibility index (Phi) is 6.18. The molecular formula is C46H30N2O. The number of hydrogen-bond donors (Lipinski definition) is 0. The molecular weight excluding hydrogens is 597 g/mol. The molecule has 3 nitrogen and oxygen atoms in total. The van der Waals surface area contributed by atoms with E-state index >= 15 is 0 Å². The van der Waals surface area contributed by atoms with Crippen molar-refractivity contribution in [1.29, 1.82) is 0 Å². The standard InChI is InChI=1S/C46H30N2O/c1-3-14-31(15-4-1)32-18-11-21-36(28-32)48-40-24-10-9-22-38(40)45-41(25-13-26-42(45)48)47(35-19-5-2-6-20-35)43-27-12-23-37-39-29-33-16-7-8-17-34(33)30-44(39)49-46(37)43/h1-30H. The van der Waals surface area contributed by atoms with Gasteiger partial charge >= 0.3 is 0 Å². The zero-order valence-corrected chi connectivity index (χ0v) is 26.6. The van der Waals surface area contributed by atoms with E-state index in [1.807, 2.05) is 0 Å². The molecule has 10 aromatic rings. The Hall–Kier alpha value is -6.58. The number of aromatic nitrogens is 1. The van der Waals surface area contributed by atoms with Crippen LogP contribution in [-0.4, -0.2) is 4.57 Å². The molecule has 0 spiro atoms. The Bertz CT molecular complexity index is 2830. The summed E-state index contributed by atoms with van der Waals surface area (Å²) in [6.45, 7) is 0. The van der Waals surface area contributed by atoms with Crippen molar-refractivity contribution in [2.75, 3.05) is 4.90 Å². The van der Waals surface area contributed by atoms with Crippen molar-refractivity contribution in [3.05, 3.63) is 182 Å². The minimum Gasteiger partial charge on any atom is -0.454 e. The van der Waals surface area contributed by atoms with Gasteiger partial charge in [0, 0.05) is 32.9 Å². The fraction of sp³-hybridized carbons (Fsp3) is 0. The van der Waals surface area contributed by atoms with Crippen LogP contribution in [0, 0.1) is 0 Å². The van der Waals surface area contributed by atoms with Crippen molar-refractivity contribution >= 4 is 71.6 Å². The summed E-state index contributed by atoms with van der Waals surface area (Å²) in [6, 6.07) is 64.9. The molecule has 0 aliphatic heterocycles. The number of fused-ring (bicyclic) bond motifs is 7. The summed E-state index contributed by atoms with van der Waals surface area (Å²) in [6.07, 6.45) is 0. The molecule has 2 aromatic heterocycles. The highest BCUT2D eigenvalue weighted by molar-refractivity contribution is 6.19. The molecule has 0 amide bonds. The summed E-state index contributed by atoms with van der Waals surface area (Å²) < 4.78 is 9.20. The average molecular weight is 627 g/mol. The number of furan rings is 1. The molecule has 0 atom stereocenters.